The van der Waals surface area contributed by atoms with Crippen LogP contribution in [0.3, 0.4) is 0 Å². The summed E-state index contributed by atoms with van der Waals surface area (Å²) >= 11 is -1.59. The lowest BCUT2D eigenvalue weighted by Crippen LogP contribution is -2.50. The molecule has 0 N–H and O–H groups in total. The van der Waals surface area contributed by atoms with Crippen LogP contribution in [0.2, 0.25) is 0 Å². The molecular formula is C16H21NO4S. The van der Waals surface area contributed by atoms with Gasteiger partial charge >= 0.3 is 5.97 Å². The summed E-state index contributed by atoms with van der Waals surface area (Å²) in [6, 6.07) is 7.71. The number of rotatable bonds is 3. The topological polar surface area (TPSA) is 61.8 Å². The van der Waals surface area contributed by atoms with Gasteiger partial charge in [0.25, 0.3) is 0 Å². The molecule has 0 amide bonds. The Morgan fingerprint density at radius 1 is 1.45 bits per heavy atom. The summed E-state index contributed by atoms with van der Waals surface area (Å²) in [6.45, 7) is 11.1. The molecule has 0 unspecified atom stereocenters. The molecule has 1 aromatic carbocycles. The minimum Gasteiger partial charge on any atom is -0.595 e. The zero-order chi connectivity index (χ0) is 16.5. The Kier molecular flexibility index (Phi) is 4.97. The van der Waals surface area contributed by atoms with Gasteiger partial charge in [-0.05, 0) is 31.9 Å². The maximum absolute atomic E-state index is 12.7. The molecule has 2 atom stereocenters. The first-order chi connectivity index (χ1) is 10.2. The summed E-state index contributed by atoms with van der Waals surface area (Å²) in [5.41, 5.74) is 2.57. The Hall–Kier alpha value is -1.34. The molecule has 22 heavy (non-hydrogen) atoms. The summed E-state index contributed by atoms with van der Waals surface area (Å²) in [6.07, 6.45) is -0.765. The second kappa shape index (κ2) is 6.42. The highest BCUT2D eigenvalue weighted by molar-refractivity contribution is 7.90. The van der Waals surface area contributed by atoms with Gasteiger partial charge < -0.3 is 14.1 Å². The fourth-order valence-electron chi connectivity index (χ4n) is 2.12. The van der Waals surface area contributed by atoms with Crippen molar-refractivity contribution >= 4 is 22.9 Å². The number of nitrogens with zero attached hydrogens (tertiary/aromatic N) is 1. The molecule has 2 rings (SSSR count). The van der Waals surface area contributed by atoms with Crippen LogP contribution in [-0.2, 0) is 32.3 Å². The van der Waals surface area contributed by atoms with Gasteiger partial charge in [0.15, 0.2) is 0 Å². The monoisotopic (exact) mass is 323 g/mol. The second-order valence-electron chi connectivity index (χ2n) is 6.08. The molecule has 0 saturated carbocycles. The molecule has 0 radical (unpaired) electrons. The van der Waals surface area contributed by atoms with Gasteiger partial charge in [0, 0.05) is 12.5 Å². The predicted molar refractivity (Wildman–Crippen MR) is 85.6 cm³/mol. The summed E-state index contributed by atoms with van der Waals surface area (Å²) < 4.78 is 19.0. The largest absolute Gasteiger partial charge is 0.595 e. The molecule has 1 aliphatic heterocycles. The normalized spacial score (nSPS) is 19.7. The van der Waals surface area contributed by atoms with E-state index < -0.39 is 28.3 Å². The highest BCUT2D eigenvalue weighted by Crippen LogP contribution is 2.34. The van der Waals surface area contributed by atoms with E-state index in [1.54, 1.807) is 20.8 Å². The second-order valence-corrected chi connectivity index (χ2v) is 8.16. The lowest BCUT2D eigenvalue weighted by Gasteiger charge is -2.37. The van der Waals surface area contributed by atoms with E-state index in [9.17, 15) is 9.35 Å². The van der Waals surface area contributed by atoms with Crippen molar-refractivity contribution in [3.05, 3.63) is 42.0 Å². The van der Waals surface area contributed by atoms with E-state index in [2.05, 4.69) is 6.58 Å². The fraction of sp³-hybridized carbons (Fsp3) is 0.438. The summed E-state index contributed by atoms with van der Waals surface area (Å²) in [7, 11) is 0. The van der Waals surface area contributed by atoms with Crippen molar-refractivity contribution < 1.29 is 18.9 Å². The highest BCUT2D eigenvalue weighted by Gasteiger charge is 2.44. The average Bonchev–Trinajstić information content (AvgIpc) is 2.44. The predicted octanol–water partition coefficient (Wildman–Crippen LogP) is 2.80. The van der Waals surface area contributed by atoms with Gasteiger partial charge in [0.1, 0.15) is 4.75 Å². The Morgan fingerprint density at radius 2 is 2.09 bits per heavy atom. The van der Waals surface area contributed by atoms with Crippen molar-refractivity contribution in [1.82, 2.24) is 4.47 Å². The van der Waals surface area contributed by atoms with Crippen LogP contribution >= 0.6 is 0 Å². The third-order valence-electron chi connectivity index (χ3n) is 3.16. The van der Waals surface area contributed by atoms with Crippen LogP contribution in [0.4, 0.5) is 0 Å². The maximum atomic E-state index is 12.7. The zero-order valence-corrected chi connectivity index (χ0v) is 14.1. The van der Waals surface area contributed by atoms with Gasteiger partial charge in [-0.25, -0.2) is 0 Å². The number of carbonyl (C=O) groups is 1. The maximum Gasteiger partial charge on any atom is 0.327 e. The lowest BCUT2D eigenvalue weighted by atomic mass is 9.98. The molecule has 0 spiro atoms. The van der Waals surface area contributed by atoms with Crippen LogP contribution in [0, 0.1) is 0 Å². The van der Waals surface area contributed by atoms with E-state index >= 15 is 0 Å². The zero-order valence-electron chi connectivity index (χ0n) is 13.3. The Bertz CT molecular complexity index is 582. The number of hydroxylamine groups is 1. The summed E-state index contributed by atoms with van der Waals surface area (Å²) in [5, 5.41) is 0. The molecule has 6 heteroatoms. The average molecular weight is 323 g/mol. The van der Waals surface area contributed by atoms with Gasteiger partial charge in [0.05, 0.1) is 22.4 Å². The molecule has 120 valence electrons. The summed E-state index contributed by atoms with van der Waals surface area (Å²) in [4.78, 5) is 16.6. The molecular weight excluding hydrogens is 302 g/mol. The third-order valence-corrected chi connectivity index (χ3v) is 4.80. The minimum atomic E-state index is -1.59. The standard InChI is InChI=1S/C16H21NO4S/c1-11-14-9-7-6-8-13(14)10-20-15(11)17(21-12(2)18)22(19)16(3,4)5/h6-9,15H,1,10H2,2-5H3/t15-,22+/m1/s1. The van der Waals surface area contributed by atoms with E-state index in [-0.39, 0.29) is 0 Å². The Balaban J connectivity index is 2.33. The van der Waals surface area contributed by atoms with Gasteiger partial charge in [-0.3, -0.25) is 4.79 Å². The molecule has 0 saturated heterocycles. The van der Waals surface area contributed by atoms with Crippen LogP contribution in [0.5, 0.6) is 0 Å². The van der Waals surface area contributed by atoms with E-state index in [0.29, 0.717) is 12.2 Å². The first-order valence-electron chi connectivity index (χ1n) is 7.00. The van der Waals surface area contributed by atoms with Crippen molar-refractivity contribution in [3.8, 4) is 0 Å². The number of fused-ring (bicyclic) bond motifs is 1. The SMILES string of the molecule is C=C1c2ccccc2CO[C@H]1N(OC(C)=O)[S@@+]([O-])C(C)(C)C. The van der Waals surface area contributed by atoms with Gasteiger partial charge in [-0.2, -0.15) is 0 Å². The van der Waals surface area contributed by atoms with Crippen molar-refractivity contribution in [1.29, 1.82) is 0 Å². The molecule has 1 heterocycles. The number of hydrogen-bond donors (Lipinski definition) is 0. The summed E-state index contributed by atoms with van der Waals surface area (Å²) in [5.74, 6) is -0.548. The molecule has 1 aliphatic rings. The van der Waals surface area contributed by atoms with E-state index in [1.807, 2.05) is 24.3 Å². The molecule has 5 nitrogen and oxygen atoms in total. The van der Waals surface area contributed by atoms with Crippen molar-refractivity contribution in [3.63, 3.8) is 0 Å². The fourth-order valence-corrected chi connectivity index (χ4v) is 3.19. The first kappa shape index (κ1) is 17.0. The molecule has 0 aromatic heterocycles. The smallest absolute Gasteiger partial charge is 0.327 e. The van der Waals surface area contributed by atoms with Gasteiger partial charge in [-0.15, -0.1) is 0 Å². The van der Waals surface area contributed by atoms with Crippen molar-refractivity contribution in [2.75, 3.05) is 0 Å². The third kappa shape index (κ3) is 3.52. The Labute approximate surface area is 134 Å². The van der Waals surface area contributed by atoms with Crippen molar-refractivity contribution in [2.45, 2.75) is 45.3 Å². The number of ether oxygens (including phenoxy) is 1. The van der Waals surface area contributed by atoms with Crippen LogP contribution in [0.1, 0.15) is 38.8 Å². The quantitative estimate of drug-likeness (QED) is 0.632. The van der Waals surface area contributed by atoms with E-state index in [4.69, 9.17) is 9.57 Å². The van der Waals surface area contributed by atoms with E-state index in [1.165, 1.54) is 6.92 Å². The first-order valence-corrected chi connectivity index (χ1v) is 8.11. The Morgan fingerprint density at radius 3 is 2.68 bits per heavy atom. The highest BCUT2D eigenvalue weighted by atomic mass is 32.2. The van der Waals surface area contributed by atoms with Gasteiger partial charge in [-0.1, -0.05) is 30.8 Å². The molecule has 1 aromatic rings. The van der Waals surface area contributed by atoms with E-state index in [0.717, 1.165) is 15.6 Å². The molecule has 0 bridgehead atoms. The van der Waals surface area contributed by atoms with Crippen LogP contribution in [-0.4, -0.2) is 26.0 Å². The number of benzene rings is 1. The van der Waals surface area contributed by atoms with Crippen molar-refractivity contribution in [2.24, 2.45) is 0 Å². The van der Waals surface area contributed by atoms with Crippen LogP contribution < -0.4 is 0 Å². The minimum absolute atomic E-state index is 0.346. The molecule has 0 fully saturated rings. The number of carbonyl (C=O) groups excluding carboxylic acids is 1. The lowest BCUT2D eigenvalue weighted by molar-refractivity contribution is -0.193. The number of hydrogen-bond acceptors (Lipinski definition) is 5. The van der Waals surface area contributed by atoms with Crippen LogP contribution in [0.15, 0.2) is 30.8 Å². The van der Waals surface area contributed by atoms with Crippen LogP contribution in [0.25, 0.3) is 5.57 Å². The molecule has 0 aliphatic carbocycles. The van der Waals surface area contributed by atoms with Gasteiger partial charge in [0.2, 0.25) is 6.23 Å².